The van der Waals surface area contributed by atoms with Gasteiger partial charge >= 0.3 is 6.03 Å². The minimum absolute atomic E-state index is 0.0160. The number of piperazine rings is 1. The van der Waals surface area contributed by atoms with Crippen molar-refractivity contribution >= 4 is 17.5 Å². The van der Waals surface area contributed by atoms with E-state index in [1.807, 2.05) is 43.1 Å². The van der Waals surface area contributed by atoms with Gasteiger partial charge in [-0.3, -0.25) is 0 Å². The van der Waals surface area contributed by atoms with Crippen molar-refractivity contribution in [3.8, 4) is 0 Å². The fraction of sp³-hybridized carbons (Fsp3) is 0.429. The molecule has 0 saturated carbocycles. The molecule has 0 radical (unpaired) electrons. The summed E-state index contributed by atoms with van der Waals surface area (Å²) in [5.74, 6) is 1.35. The standard InChI is InChI=1S/C21H28N4O/c1-15(2)18-7-5-6-17(4)20(18)23-21(26)25-12-10-24(11-13-25)19-9-8-16(3)14-22-19/h5-9,14-15H,10-13H2,1-4H3,(H,23,26). The number of hydrogen-bond donors (Lipinski definition) is 1. The van der Waals surface area contributed by atoms with E-state index in [-0.39, 0.29) is 6.03 Å². The highest BCUT2D eigenvalue weighted by Gasteiger charge is 2.23. The Labute approximate surface area is 156 Å². The second-order valence-corrected chi connectivity index (χ2v) is 7.29. The third-order valence-corrected chi connectivity index (χ3v) is 4.95. The third kappa shape index (κ3) is 3.98. The number of carbonyl (C=O) groups excluding carboxylic acids is 1. The van der Waals surface area contributed by atoms with Gasteiger partial charge in [0.2, 0.25) is 0 Å². The van der Waals surface area contributed by atoms with Crippen LogP contribution in [0, 0.1) is 13.8 Å². The lowest BCUT2D eigenvalue weighted by molar-refractivity contribution is 0.208. The third-order valence-electron chi connectivity index (χ3n) is 4.95. The molecule has 2 amide bonds. The molecule has 0 unspecified atom stereocenters. The van der Waals surface area contributed by atoms with Crippen LogP contribution < -0.4 is 10.2 Å². The Morgan fingerprint density at radius 2 is 1.81 bits per heavy atom. The molecule has 2 aromatic rings. The van der Waals surface area contributed by atoms with Gasteiger partial charge in [0.05, 0.1) is 0 Å². The Balaban J connectivity index is 1.63. The van der Waals surface area contributed by atoms with Gasteiger partial charge < -0.3 is 15.1 Å². The summed E-state index contributed by atoms with van der Waals surface area (Å²) in [5, 5.41) is 3.14. The van der Waals surface area contributed by atoms with Crippen LogP contribution in [0.2, 0.25) is 0 Å². The number of carbonyl (C=O) groups is 1. The molecule has 0 aliphatic carbocycles. The molecular formula is C21H28N4O. The van der Waals surface area contributed by atoms with Gasteiger partial charge in [-0.05, 0) is 42.5 Å². The van der Waals surface area contributed by atoms with Crippen LogP contribution in [0.25, 0.3) is 0 Å². The maximum Gasteiger partial charge on any atom is 0.321 e. The van der Waals surface area contributed by atoms with E-state index in [1.54, 1.807) is 0 Å². The van der Waals surface area contributed by atoms with Gasteiger partial charge in [0, 0.05) is 38.1 Å². The molecule has 2 heterocycles. The average molecular weight is 352 g/mol. The maximum absolute atomic E-state index is 12.8. The lowest BCUT2D eigenvalue weighted by atomic mass is 9.98. The first-order valence-electron chi connectivity index (χ1n) is 9.28. The van der Waals surface area contributed by atoms with Gasteiger partial charge in [-0.25, -0.2) is 9.78 Å². The summed E-state index contributed by atoms with van der Waals surface area (Å²) in [6.45, 7) is 11.4. The average Bonchev–Trinajstić information content (AvgIpc) is 2.64. The number of anilines is 2. The van der Waals surface area contributed by atoms with Gasteiger partial charge in [-0.1, -0.05) is 38.1 Å². The van der Waals surface area contributed by atoms with E-state index < -0.39 is 0 Å². The zero-order valence-corrected chi connectivity index (χ0v) is 16.1. The SMILES string of the molecule is Cc1ccc(N2CCN(C(=O)Nc3c(C)cccc3C(C)C)CC2)nc1. The van der Waals surface area contributed by atoms with Crippen LogP contribution in [-0.2, 0) is 0 Å². The number of pyridine rings is 1. The molecule has 1 aromatic heterocycles. The highest BCUT2D eigenvalue weighted by Crippen LogP contribution is 2.27. The van der Waals surface area contributed by atoms with Crippen molar-refractivity contribution in [2.45, 2.75) is 33.6 Å². The van der Waals surface area contributed by atoms with Crippen LogP contribution in [0.3, 0.4) is 0 Å². The van der Waals surface area contributed by atoms with E-state index in [0.29, 0.717) is 19.0 Å². The minimum atomic E-state index is -0.0160. The van der Waals surface area contributed by atoms with Gasteiger partial charge in [0.25, 0.3) is 0 Å². The van der Waals surface area contributed by atoms with Crippen molar-refractivity contribution in [3.63, 3.8) is 0 Å². The second kappa shape index (κ2) is 7.77. The summed E-state index contributed by atoms with van der Waals surface area (Å²) in [6.07, 6.45) is 1.89. The molecular weight excluding hydrogens is 324 g/mol. The van der Waals surface area contributed by atoms with Crippen LogP contribution >= 0.6 is 0 Å². The summed E-state index contributed by atoms with van der Waals surface area (Å²) in [4.78, 5) is 21.4. The Kier molecular flexibility index (Phi) is 5.45. The summed E-state index contributed by atoms with van der Waals surface area (Å²) in [7, 11) is 0. The van der Waals surface area contributed by atoms with E-state index >= 15 is 0 Å². The molecule has 0 spiro atoms. The number of para-hydroxylation sites is 1. The number of nitrogens with one attached hydrogen (secondary N) is 1. The van der Waals surface area contributed by atoms with Crippen LogP contribution in [0.5, 0.6) is 0 Å². The van der Waals surface area contributed by atoms with Gasteiger partial charge in [0.15, 0.2) is 0 Å². The van der Waals surface area contributed by atoms with Crippen molar-refractivity contribution in [1.29, 1.82) is 0 Å². The van der Waals surface area contributed by atoms with Gasteiger partial charge in [-0.2, -0.15) is 0 Å². The summed E-state index contributed by atoms with van der Waals surface area (Å²) in [5.41, 5.74) is 4.40. The molecule has 1 N–H and O–H groups in total. The monoisotopic (exact) mass is 352 g/mol. The first-order chi connectivity index (χ1) is 12.5. The normalized spacial score (nSPS) is 14.7. The molecule has 138 valence electrons. The minimum Gasteiger partial charge on any atom is -0.353 e. The van der Waals surface area contributed by atoms with Crippen molar-refractivity contribution in [2.75, 3.05) is 36.4 Å². The fourth-order valence-electron chi connectivity index (χ4n) is 3.31. The Hall–Kier alpha value is -2.56. The largest absolute Gasteiger partial charge is 0.353 e. The maximum atomic E-state index is 12.8. The predicted octanol–water partition coefficient (Wildman–Crippen LogP) is 4.18. The number of aryl methyl sites for hydroxylation is 2. The Morgan fingerprint density at radius 1 is 1.08 bits per heavy atom. The van der Waals surface area contributed by atoms with Crippen molar-refractivity contribution in [2.24, 2.45) is 0 Å². The van der Waals surface area contributed by atoms with E-state index in [2.05, 4.69) is 41.2 Å². The lowest BCUT2D eigenvalue weighted by Gasteiger charge is -2.35. The van der Waals surface area contributed by atoms with Crippen LogP contribution in [0.15, 0.2) is 36.5 Å². The molecule has 1 fully saturated rings. The first-order valence-corrected chi connectivity index (χ1v) is 9.28. The molecule has 1 aliphatic heterocycles. The summed E-state index contributed by atoms with van der Waals surface area (Å²) < 4.78 is 0. The molecule has 5 nitrogen and oxygen atoms in total. The molecule has 0 bridgehead atoms. The Bertz CT molecular complexity index is 762. The summed E-state index contributed by atoms with van der Waals surface area (Å²) >= 11 is 0. The quantitative estimate of drug-likeness (QED) is 0.902. The fourth-order valence-corrected chi connectivity index (χ4v) is 3.31. The smallest absolute Gasteiger partial charge is 0.321 e. The second-order valence-electron chi connectivity index (χ2n) is 7.29. The number of rotatable bonds is 3. The van der Waals surface area contributed by atoms with Crippen LogP contribution in [-0.4, -0.2) is 42.1 Å². The van der Waals surface area contributed by atoms with Crippen molar-refractivity contribution in [1.82, 2.24) is 9.88 Å². The predicted molar refractivity (Wildman–Crippen MR) is 107 cm³/mol. The van der Waals surface area contributed by atoms with E-state index in [4.69, 9.17) is 0 Å². The molecule has 1 aromatic carbocycles. The zero-order valence-electron chi connectivity index (χ0n) is 16.1. The highest BCUT2D eigenvalue weighted by molar-refractivity contribution is 5.91. The van der Waals surface area contributed by atoms with E-state index in [0.717, 1.165) is 35.7 Å². The molecule has 1 aliphatic rings. The zero-order chi connectivity index (χ0) is 18.7. The summed E-state index contributed by atoms with van der Waals surface area (Å²) in [6, 6.07) is 10.3. The number of nitrogens with zero attached hydrogens (tertiary/aromatic N) is 3. The topological polar surface area (TPSA) is 48.5 Å². The molecule has 3 rings (SSSR count). The molecule has 1 saturated heterocycles. The molecule has 5 heteroatoms. The first kappa shape index (κ1) is 18.2. The van der Waals surface area contributed by atoms with E-state index in [1.165, 1.54) is 5.56 Å². The molecule has 26 heavy (non-hydrogen) atoms. The number of amides is 2. The number of urea groups is 1. The van der Waals surface area contributed by atoms with Crippen molar-refractivity contribution < 1.29 is 4.79 Å². The van der Waals surface area contributed by atoms with Crippen LogP contribution in [0.4, 0.5) is 16.3 Å². The highest BCUT2D eigenvalue weighted by atomic mass is 16.2. The van der Waals surface area contributed by atoms with E-state index in [9.17, 15) is 4.79 Å². The van der Waals surface area contributed by atoms with Crippen LogP contribution in [0.1, 0.15) is 36.5 Å². The lowest BCUT2D eigenvalue weighted by Crippen LogP contribution is -2.50. The number of hydrogen-bond acceptors (Lipinski definition) is 3. The number of benzene rings is 1. The van der Waals surface area contributed by atoms with Gasteiger partial charge in [-0.15, -0.1) is 0 Å². The number of aromatic nitrogens is 1. The Morgan fingerprint density at radius 3 is 2.42 bits per heavy atom. The molecule has 0 atom stereocenters. The van der Waals surface area contributed by atoms with Crippen molar-refractivity contribution in [3.05, 3.63) is 53.2 Å². The van der Waals surface area contributed by atoms with Gasteiger partial charge in [0.1, 0.15) is 5.82 Å².